The lowest BCUT2D eigenvalue weighted by atomic mass is 9.94. The number of benzene rings is 1. The Morgan fingerprint density at radius 1 is 1.33 bits per heavy atom. The molecule has 0 spiro atoms. The SMILES string of the molecule is CCCC1=C(C(=O)OCC)[C@@H](c2ccc(Cl)cc2)n2nnnc2N1. The molecule has 3 rings (SSSR count). The Bertz CT molecular complexity index is 769. The van der Waals surface area contributed by atoms with Crippen LogP contribution in [0, 0.1) is 0 Å². The van der Waals surface area contributed by atoms with Crippen LogP contribution in [0.25, 0.3) is 0 Å². The predicted molar refractivity (Wildman–Crippen MR) is 89.6 cm³/mol. The molecule has 0 aliphatic carbocycles. The topological polar surface area (TPSA) is 81.9 Å². The summed E-state index contributed by atoms with van der Waals surface area (Å²) in [4.78, 5) is 12.6. The average molecular weight is 348 g/mol. The summed E-state index contributed by atoms with van der Waals surface area (Å²) in [6.07, 6.45) is 1.57. The average Bonchev–Trinajstić information content (AvgIpc) is 3.03. The first-order chi connectivity index (χ1) is 11.7. The quantitative estimate of drug-likeness (QED) is 0.837. The molecule has 24 heavy (non-hydrogen) atoms. The molecule has 1 aromatic heterocycles. The number of esters is 1. The standard InChI is InChI=1S/C16H18ClN5O2/c1-3-5-12-13(15(23)24-4-2)14(10-6-8-11(17)9-7-10)22-16(18-12)19-20-21-22/h6-9,14H,3-5H2,1-2H3,(H,18,19,21)/t14-/m1/s1. The molecule has 0 bridgehead atoms. The number of carbonyl (C=O) groups is 1. The maximum Gasteiger partial charge on any atom is 0.338 e. The second kappa shape index (κ2) is 7.00. The minimum absolute atomic E-state index is 0.303. The van der Waals surface area contributed by atoms with E-state index in [0.717, 1.165) is 17.7 Å². The number of anilines is 1. The van der Waals surface area contributed by atoms with E-state index in [4.69, 9.17) is 16.3 Å². The smallest absolute Gasteiger partial charge is 0.338 e. The minimum atomic E-state index is -0.450. The molecule has 0 saturated carbocycles. The number of tetrazole rings is 1. The van der Waals surface area contributed by atoms with Crippen molar-refractivity contribution in [1.82, 2.24) is 20.2 Å². The fourth-order valence-corrected chi connectivity index (χ4v) is 2.91. The highest BCUT2D eigenvalue weighted by atomic mass is 35.5. The summed E-state index contributed by atoms with van der Waals surface area (Å²) in [5.74, 6) is 0.140. The van der Waals surface area contributed by atoms with Gasteiger partial charge in [-0.1, -0.05) is 42.2 Å². The van der Waals surface area contributed by atoms with Crippen LogP contribution in [0.5, 0.6) is 0 Å². The van der Waals surface area contributed by atoms with Crippen molar-refractivity contribution in [3.05, 3.63) is 46.1 Å². The van der Waals surface area contributed by atoms with Gasteiger partial charge in [0.15, 0.2) is 0 Å². The highest BCUT2D eigenvalue weighted by molar-refractivity contribution is 6.30. The third-order valence-electron chi connectivity index (χ3n) is 3.78. The fraction of sp³-hybridized carbons (Fsp3) is 0.375. The third kappa shape index (κ3) is 2.99. The molecule has 0 unspecified atom stereocenters. The number of nitrogens with zero attached hydrogens (tertiary/aromatic N) is 4. The number of fused-ring (bicyclic) bond motifs is 1. The van der Waals surface area contributed by atoms with E-state index >= 15 is 0 Å². The summed E-state index contributed by atoms with van der Waals surface area (Å²) in [7, 11) is 0. The Morgan fingerprint density at radius 2 is 2.08 bits per heavy atom. The van der Waals surface area contributed by atoms with E-state index in [1.54, 1.807) is 23.7 Å². The molecule has 0 fully saturated rings. The number of aromatic nitrogens is 4. The molecular weight excluding hydrogens is 330 g/mol. The number of carbonyl (C=O) groups excluding carboxylic acids is 1. The van der Waals surface area contributed by atoms with E-state index in [1.165, 1.54) is 0 Å². The van der Waals surface area contributed by atoms with Crippen LogP contribution in [0.3, 0.4) is 0 Å². The van der Waals surface area contributed by atoms with Crippen LogP contribution in [0.4, 0.5) is 5.95 Å². The summed E-state index contributed by atoms with van der Waals surface area (Å²) in [6.45, 7) is 4.14. The van der Waals surface area contributed by atoms with Gasteiger partial charge in [0, 0.05) is 10.7 Å². The van der Waals surface area contributed by atoms with Crippen LogP contribution in [-0.2, 0) is 9.53 Å². The fourth-order valence-electron chi connectivity index (χ4n) is 2.78. The van der Waals surface area contributed by atoms with Gasteiger partial charge in [-0.2, -0.15) is 4.68 Å². The Morgan fingerprint density at radius 3 is 2.75 bits per heavy atom. The molecule has 7 nitrogen and oxygen atoms in total. The monoisotopic (exact) mass is 347 g/mol. The maximum absolute atomic E-state index is 12.6. The minimum Gasteiger partial charge on any atom is -0.463 e. The van der Waals surface area contributed by atoms with Crippen molar-refractivity contribution in [2.75, 3.05) is 11.9 Å². The zero-order chi connectivity index (χ0) is 17.1. The van der Waals surface area contributed by atoms with E-state index < -0.39 is 6.04 Å². The van der Waals surface area contributed by atoms with Gasteiger partial charge in [0.1, 0.15) is 6.04 Å². The molecular formula is C16H18ClN5O2. The van der Waals surface area contributed by atoms with Crippen molar-refractivity contribution >= 4 is 23.5 Å². The number of hydrogen-bond acceptors (Lipinski definition) is 6. The van der Waals surface area contributed by atoms with Crippen molar-refractivity contribution in [2.45, 2.75) is 32.7 Å². The molecule has 1 aliphatic heterocycles. The number of allylic oxidation sites excluding steroid dienone is 1. The zero-order valence-electron chi connectivity index (χ0n) is 13.5. The van der Waals surface area contributed by atoms with Gasteiger partial charge in [0.05, 0.1) is 12.2 Å². The highest BCUT2D eigenvalue weighted by Gasteiger charge is 2.35. The Hall–Kier alpha value is -2.41. The number of rotatable bonds is 5. The lowest BCUT2D eigenvalue weighted by Crippen LogP contribution is -2.30. The van der Waals surface area contributed by atoms with Crippen LogP contribution < -0.4 is 5.32 Å². The van der Waals surface area contributed by atoms with E-state index in [-0.39, 0.29) is 5.97 Å². The molecule has 0 amide bonds. The van der Waals surface area contributed by atoms with Gasteiger partial charge in [-0.15, -0.1) is 0 Å². The van der Waals surface area contributed by atoms with Gasteiger partial charge >= 0.3 is 5.97 Å². The number of ether oxygens (including phenoxy) is 1. The van der Waals surface area contributed by atoms with Crippen LogP contribution in [-0.4, -0.2) is 32.8 Å². The van der Waals surface area contributed by atoms with Crippen LogP contribution in [0.15, 0.2) is 35.5 Å². The van der Waals surface area contributed by atoms with Crippen LogP contribution in [0.1, 0.15) is 38.3 Å². The number of halogens is 1. The van der Waals surface area contributed by atoms with Crippen molar-refractivity contribution < 1.29 is 9.53 Å². The maximum atomic E-state index is 12.6. The molecule has 2 heterocycles. The zero-order valence-corrected chi connectivity index (χ0v) is 14.2. The molecule has 1 N–H and O–H groups in total. The number of nitrogens with one attached hydrogen (secondary N) is 1. The van der Waals surface area contributed by atoms with E-state index in [0.29, 0.717) is 29.6 Å². The molecule has 1 atom stereocenters. The molecule has 0 radical (unpaired) electrons. The van der Waals surface area contributed by atoms with Crippen LogP contribution >= 0.6 is 11.6 Å². The van der Waals surface area contributed by atoms with Crippen molar-refractivity contribution in [2.24, 2.45) is 0 Å². The molecule has 0 saturated heterocycles. The summed E-state index contributed by atoms with van der Waals surface area (Å²) >= 11 is 5.99. The van der Waals surface area contributed by atoms with Gasteiger partial charge in [-0.3, -0.25) is 0 Å². The lowest BCUT2D eigenvalue weighted by Gasteiger charge is -2.28. The summed E-state index contributed by atoms with van der Waals surface area (Å²) < 4.78 is 6.87. The van der Waals surface area contributed by atoms with E-state index in [2.05, 4.69) is 20.8 Å². The second-order valence-electron chi connectivity index (χ2n) is 5.39. The van der Waals surface area contributed by atoms with Crippen molar-refractivity contribution in [3.63, 3.8) is 0 Å². The first-order valence-corrected chi connectivity index (χ1v) is 8.24. The van der Waals surface area contributed by atoms with Gasteiger partial charge in [-0.05, 0) is 41.5 Å². The third-order valence-corrected chi connectivity index (χ3v) is 4.03. The highest BCUT2D eigenvalue weighted by Crippen LogP contribution is 2.36. The Kier molecular flexibility index (Phi) is 4.80. The second-order valence-corrected chi connectivity index (χ2v) is 5.83. The molecule has 8 heteroatoms. The molecule has 2 aromatic rings. The first kappa shape index (κ1) is 16.4. The largest absolute Gasteiger partial charge is 0.463 e. The molecule has 126 valence electrons. The van der Waals surface area contributed by atoms with E-state index in [9.17, 15) is 4.79 Å². The summed E-state index contributed by atoms with van der Waals surface area (Å²) in [6, 6.07) is 6.85. The normalized spacial score (nSPS) is 16.5. The van der Waals surface area contributed by atoms with Crippen molar-refractivity contribution in [1.29, 1.82) is 0 Å². The van der Waals surface area contributed by atoms with Gasteiger partial charge < -0.3 is 10.1 Å². The lowest BCUT2D eigenvalue weighted by molar-refractivity contribution is -0.139. The molecule has 1 aliphatic rings. The first-order valence-electron chi connectivity index (χ1n) is 7.86. The van der Waals surface area contributed by atoms with E-state index in [1.807, 2.05) is 19.1 Å². The van der Waals surface area contributed by atoms with Gasteiger partial charge in [0.2, 0.25) is 5.95 Å². The van der Waals surface area contributed by atoms with Crippen molar-refractivity contribution in [3.8, 4) is 0 Å². The van der Waals surface area contributed by atoms with Crippen LogP contribution in [0.2, 0.25) is 5.02 Å². The molecule has 1 aromatic carbocycles. The van der Waals surface area contributed by atoms with Gasteiger partial charge in [-0.25, -0.2) is 4.79 Å². The predicted octanol–water partition coefficient (Wildman–Crippen LogP) is 2.96. The summed E-state index contributed by atoms with van der Waals surface area (Å²) in [5, 5.41) is 15.6. The summed E-state index contributed by atoms with van der Waals surface area (Å²) in [5.41, 5.74) is 2.19. The number of hydrogen-bond donors (Lipinski definition) is 1. The Balaban J connectivity index is 2.15. The Labute approximate surface area is 144 Å². The van der Waals surface area contributed by atoms with Gasteiger partial charge in [0.25, 0.3) is 0 Å².